The van der Waals surface area contributed by atoms with Crippen molar-refractivity contribution in [2.24, 2.45) is 5.41 Å². The number of amides is 1. The second-order valence-electron chi connectivity index (χ2n) is 5.43. The van der Waals surface area contributed by atoms with Crippen LogP contribution in [0.25, 0.3) is 0 Å². The molecule has 0 aromatic heterocycles. The second kappa shape index (κ2) is 4.74. The van der Waals surface area contributed by atoms with E-state index in [-0.39, 0.29) is 0 Å². The molecular weight excluding hydrogens is 200 g/mol. The third kappa shape index (κ3) is 2.57. The van der Waals surface area contributed by atoms with Crippen LogP contribution in [0.5, 0.6) is 0 Å². The van der Waals surface area contributed by atoms with Crippen LogP contribution in [0.1, 0.15) is 46.0 Å². The molecule has 0 bridgehead atoms. The molecule has 1 saturated carbocycles. The Labute approximate surface area is 98.6 Å². The van der Waals surface area contributed by atoms with E-state index in [1.807, 2.05) is 0 Å². The van der Waals surface area contributed by atoms with Gasteiger partial charge in [0.1, 0.15) is 0 Å². The third-order valence-corrected chi connectivity index (χ3v) is 4.41. The molecule has 92 valence electrons. The first kappa shape index (κ1) is 11.9. The van der Waals surface area contributed by atoms with Gasteiger partial charge >= 0.3 is 0 Å². The Balaban J connectivity index is 1.79. The Bertz CT molecular complexity index is 257. The van der Waals surface area contributed by atoms with Gasteiger partial charge in [0.2, 0.25) is 5.91 Å². The fourth-order valence-electron chi connectivity index (χ4n) is 2.61. The molecule has 0 unspecified atom stereocenters. The number of hydrogen-bond donors (Lipinski definition) is 1. The summed E-state index contributed by atoms with van der Waals surface area (Å²) in [5.74, 6) is 0.302. The molecule has 0 atom stereocenters. The summed E-state index contributed by atoms with van der Waals surface area (Å²) in [4.78, 5) is 14.0. The van der Waals surface area contributed by atoms with Crippen LogP contribution in [0.4, 0.5) is 0 Å². The van der Waals surface area contributed by atoms with Crippen LogP contribution in [0.2, 0.25) is 0 Å². The summed E-state index contributed by atoms with van der Waals surface area (Å²) in [6.07, 6.45) is 6.09. The summed E-state index contributed by atoms with van der Waals surface area (Å²) in [6.45, 7) is 6.99. The summed E-state index contributed by atoms with van der Waals surface area (Å²) >= 11 is 0. The number of nitrogens with zero attached hydrogens (tertiary/aromatic N) is 1. The lowest BCUT2D eigenvalue weighted by molar-refractivity contribution is -0.129. The van der Waals surface area contributed by atoms with Crippen molar-refractivity contribution in [2.75, 3.05) is 19.6 Å². The van der Waals surface area contributed by atoms with E-state index in [9.17, 15) is 4.79 Å². The fourth-order valence-corrected chi connectivity index (χ4v) is 2.61. The molecule has 3 heteroatoms. The van der Waals surface area contributed by atoms with Gasteiger partial charge in [0.05, 0.1) is 6.54 Å². The van der Waals surface area contributed by atoms with Crippen LogP contribution < -0.4 is 5.32 Å². The first-order valence-corrected chi connectivity index (χ1v) is 6.70. The lowest BCUT2D eigenvalue weighted by atomic mass is 9.82. The van der Waals surface area contributed by atoms with Gasteiger partial charge < -0.3 is 10.2 Å². The van der Waals surface area contributed by atoms with E-state index in [1.165, 1.54) is 32.1 Å². The van der Waals surface area contributed by atoms with Crippen LogP contribution in [0.3, 0.4) is 0 Å². The van der Waals surface area contributed by atoms with E-state index in [1.54, 1.807) is 0 Å². The Morgan fingerprint density at radius 1 is 1.38 bits per heavy atom. The highest BCUT2D eigenvalue weighted by Gasteiger charge is 2.37. The predicted octanol–water partition coefficient (Wildman–Crippen LogP) is 1.78. The van der Waals surface area contributed by atoms with Crippen molar-refractivity contribution in [1.82, 2.24) is 10.2 Å². The van der Waals surface area contributed by atoms with Gasteiger partial charge in [-0.25, -0.2) is 0 Å². The minimum atomic E-state index is 0.302. The maximum absolute atomic E-state index is 12.0. The van der Waals surface area contributed by atoms with Gasteiger partial charge in [0.25, 0.3) is 0 Å². The minimum absolute atomic E-state index is 0.302. The lowest BCUT2D eigenvalue weighted by Gasteiger charge is -2.26. The molecular formula is C13H24N2O. The normalized spacial score (nSPS) is 23.8. The molecule has 3 nitrogen and oxygen atoms in total. The van der Waals surface area contributed by atoms with Crippen LogP contribution in [0, 0.1) is 5.41 Å². The molecule has 2 aliphatic rings. The van der Waals surface area contributed by atoms with Crippen molar-refractivity contribution >= 4 is 5.91 Å². The molecule has 1 amide bonds. The van der Waals surface area contributed by atoms with E-state index >= 15 is 0 Å². The number of likely N-dealkylation sites (tertiary alicyclic amines) is 1. The van der Waals surface area contributed by atoms with Crippen molar-refractivity contribution in [2.45, 2.75) is 52.0 Å². The minimum Gasteiger partial charge on any atom is -0.341 e. The summed E-state index contributed by atoms with van der Waals surface area (Å²) in [5.41, 5.74) is 0.412. The van der Waals surface area contributed by atoms with E-state index < -0.39 is 0 Å². The SMILES string of the molecule is CCC1(CC)CCN(C(=O)CNC2CC2)C1. The van der Waals surface area contributed by atoms with E-state index in [0.29, 0.717) is 23.9 Å². The molecule has 1 saturated heterocycles. The van der Waals surface area contributed by atoms with Gasteiger partial charge in [-0.15, -0.1) is 0 Å². The molecule has 0 radical (unpaired) electrons. The highest BCUT2D eigenvalue weighted by atomic mass is 16.2. The predicted molar refractivity (Wildman–Crippen MR) is 65.2 cm³/mol. The van der Waals surface area contributed by atoms with Crippen molar-refractivity contribution < 1.29 is 4.79 Å². The average molecular weight is 224 g/mol. The average Bonchev–Trinajstić information content (AvgIpc) is 3.04. The largest absolute Gasteiger partial charge is 0.341 e. The lowest BCUT2D eigenvalue weighted by Crippen LogP contribution is -2.38. The van der Waals surface area contributed by atoms with Gasteiger partial charge in [-0.3, -0.25) is 4.79 Å². The molecule has 0 aromatic rings. The molecule has 1 heterocycles. The molecule has 16 heavy (non-hydrogen) atoms. The maximum Gasteiger partial charge on any atom is 0.236 e. The van der Waals surface area contributed by atoms with Gasteiger partial charge in [-0.05, 0) is 37.5 Å². The quantitative estimate of drug-likeness (QED) is 0.772. The van der Waals surface area contributed by atoms with Crippen LogP contribution in [-0.2, 0) is 4.79 Å². The topological polar surface area (TPSA) is 32.3 Å². The molecule has 0 spiro atoms. The van der Waals surface area contributed by atoms with Crippen molar-refractivity contribution in [3.8, 4) is 0 Å². The number of carbonyl (C=O) groups excluding carboxylic acids is 1. The van der Waals surface area contributed by atoms with Gasteiger partial charge in [0.15, 0.2) is 0 Å². The third-order valence-electron chi connectivity index (χ3n) is 4.41. The summed E-state index contributed by atoms with van der Waals surface area (Å²) in [5, 5.41) is 3.31. The fraction of sp³-hybridized carbons (Fsp3) is 0.923. The van der Waals surface area contributed by atoms with Crippen LogP contribution >= 0.6 is 0 Å². The molecule has 2 rings (SSSR count). The Hall–Kier alpha value is -0.570. The number of hydrogen-bond acceptors (Lipinski definition) is 2. The summed E-state index contributed by atoms with van der Waals surface area (Å²) in [7, 11) is 0. The molecule has 1 N–H and O–H groups in total. The first-order valence-electron chi connectivity index (χ1n) is 6.70. The zero-order valence-corrected chi connectivity index (χ0v) is 10.6. The van der Waals surface area contributed by atoms with E-state index in [4.69, 9.17) is 0 Å². The summed E-state index contributed by atoms with van der Waals surface area (Å²) in [6, 6.07) is 0.633. The molecule has 1 aliphatic heterocycles. The molecule has 1 aliphatic carbocycles. The van der Waals surface area contributed by atoms with E-state index in [0.717, 1.165) is 13.1 Å². The van der Waals surface area contributed by atoms with Crippen LogP contribution in [0.15, 0.2) is 0 Å². The number of nitrogens with one attached hydrogen (secondary N) is 1. The van der Waals surface area contributed by atoms with Gasteiger partial charge in [0, 0.05) is 19.1 Å². The van der Waals surface area contributed by atoms with Crippen LogP contribution in [-0.4, -0.2) is 36.5 Å². The van der Waals surface area contributed by atoms with E-state index in [2.05, 4.69) is 24.1 Å². The number of carbonyl (C=O) groups is 1. The maximum atomic E-state index is 12.0. The first-order chi connectivity index (χ1) is 7.69. The monoisotopic (exact) mass is 224 g/mol. The van der Waals surface area contributed by atoms with Crippen molar-refractivity contribution in [3.05, 3.63) is 0 Å². The van der Waals surface area contributed by atoms with Gasteiger partial charge in [-0.2, -0.15) is 0 Å². The number of rotatable bonds is 5. The highest BCUT2D eigenvalue weighted by Crippen LogP contribution is 2.36. The standard InChI is InChI=1S/C13H24N2O/c1-3-13(4-2)7-8-15(10-13)12(16)9-14-11-5-6-11/h11,14H,3-10H2,1-2H3. The van der Waals surface area contributed by atoms with Crippen molar-refractivity contribution in [1.29, 1.82) is 0 Å². The second-order valence-corrected chi connectivity index (χ2v) is 5.43. The molecule has 2 fully saturated rings. The Morgan fingerprint density at radius 3 is 2.56 bits per heavy atom. The molecule has 0 aromatic carbocycles. The zero-order chi connectivity index (χ0) is 11.6. The van der Waals surface area contributed by atoms with Gasteiger partial charge in [-0.1, -0.05) is 13.8 Å². The summed E-state index contributed by atoms with van der Waals surface area (Å²) < 4.78 is 0. The Kier molecular flexibility index (Phi) is 3.53. The smallest absolute Gasteiger partial charge is 0.236 e. The highest BCUT2D eigenvalue weighted by molar-refractivity contribution is 5.78. The van der Waals surface area contributed by atoms with Crippen molar-refractivity contribution in [3.63, 3.8) is 0 Å². The Morgan fingerprint density at radius 2 is 2.06 bits per heavy atom. The zero-order valence-electron chi connectivity index (χ0n) is 10.6.